The van der Waals surface area contributed by atoms with Crippen LogP contribution >= 0.6 is 11.6 Å². The highest BCUT2D eigenvalue weighted by molar-refractivity contribution is 7.92. The van der Waals surface area contributed by atoms with Gasteiger partial charge in [-0.05, 0) is 74.2 Å². The van der Waals surface area contributed by atoms with Crippen molar-refractivity contribution in [1.29, 1.82) is 0 Å². The number of hydrogen-bond acceptors (Lipinski definition) is 4. The third-order valence-electron chi connectivity index (χ3n) is 6.55. The van der Waals surface area contributed by atoms with Gasteiger partial charge >= 0.3 is 0 Å². The maximum absolute atomic E-state index is 14.0. The quantitative estimate of drug-likeness (QED) is 0.309. The van der Waals surface area contributed by atoms with Crippen molar-refractivity contribution in [2.75, 3.05) is 10.8 Å². The molecule has 3 aromatic rings. The minimum Gasteiger partial charge on any atom is -0.352 e. The number of amides is 2. The van der Waals surface area contributed by atoms with Gasteiger partial charge in [-0.1, -0.05) is 67.9 Å². The average Bonchev–Trinajstić information content (AvgIpc) is 2.92. The van der Waals surface area contributed by atoms with Gasteiger partial charge in [0.1, 0.15) is 12.6 Å². The van der Waals surface area contributed by atoms with Crippen LogP contribution in [0.15, 0.2) is 83.8 Å². The number of aryl methyl sites for hydroxylation is 1. The first-order chi connectivity index (χ1) is 18.6. The summed E-state index contributed by atoms with van der Waals surface area (Å²) in [4.78, 5) is 28.8. The molecule has 2 atom stereocenters. The number of nitrogens with zero attached hydrogens (tertiary/aromatic N) is 2. The van der Waals surface area contributed by atoms with Crippen LogP contribution in [0.2, 0.25) is 5.02 Å². The molecule has 2 amide bonds. The minimum atomic E-state index is -4.14. The van der Waals surface area contributed by atoms with Crippen molar-refractivity contribution in [1.82, 2.24) is 10.2 Å². The monoisotopic (exact) mass is 569 g/mol. The summed E-state index contributed by atoms with van der Waals surface area (Å²) in [5, 5.41) is 3.38. The van der Waals surface area contributed by atoms with E-state index in [1.807, 2.05) is 64.1 Å². The lowest BCUT2D eigenvalue weighted by atomic mass is 10.1. The van der Waals surface area contributed by atoms with Crippen LogP contribution in [0.3, 0.4) is 0 Å². The molecule has 0 heterocycles. The van der Waals surface area contributed by atoms with Crippen LogP contribution in [0.25, 0.3) is 0 Å². The summed E-state index contributed by atoms with van der Waals surface area (Å²) < 4.78 is 28.8. The molecular weight excluding hydrogens is 534 g/mol. The Kier molecular flexibility index (Phi) is 10.5. The average molecular weight is 570 g/mol. The van der Waals surface area contributed by atoms with E-state index in [9.17, 15) is 18.0 Å². The van der Waals surface area contributed by atoms with Gasteiger partial charge in [-0.3, -0.25) is 13.9 Å². The Morgan fingerprint density at radius 3 is 2.18 bits per heavy atom. The Balaban J connectivity index is 2.04. The van der Waals surface area contributed by atoms with Crippen LogP contribution in [0.1, 0.15) is 44.7 Å². The Bertz CT molecular complexity index is 1360. The van der Waals surface area contributed by atoms with Crippen LogP contribution < -0.4 is 9.62 Å². The molecule has 3 aromatic carbocycles. The first-order valence-corrected chi connectivity index (χ1v) is 14.9. The van der Waals surface area contributed by atoms with E-state index in [2.05, 4.69) is 5.32 Å². The molecular formula is C30H36ClN3O4S. The van der Waals surface area contributed by atoms with Crippen molar-refractivity contribution in [3.05, 3.63) is 95.0 Å². The van der Waals surface area contributed by atoms with E-state index in [0.717, 1.165) is 21.9 Å². The fraction of sp³-hybridized carbons (Fsp3) is 0.333. The van der Waals surface area contributed by atoms with Crippen molar-refractivity contribution in [3.8, 4) is 0 Å². The third-order valence-corrected chi connectivity index (χ3v) is 8.59. The lowest BCUT2D eigenvalue weighted by Crippen LogP contribution is -2.53. The fourth-order valence-corrected chi connectivity index (χ4v) is 5.72. The molecule has 0 radical (unpaired) electrons. The number of anilines is 1. The summed E-state index contributed by atoms with van der Waals surface area (Å²) in [6.07, 6.45) is 1.12. The minimum absolute atomic E-state index is 0.0115. The first kappa shape index (κ1) is 30.2. The molecule has 0 aromatic heterocycles. The molecule has 9 heteroatoms. The number of sulfonamides is 1. The summed E-state index contributed by atoms with van der Waals surface area (Å²) >= 11 is 6.00. The SMILES string of the molecule is CC[C@H](C(=O)N[C@@H](C)CC)N(Cc1ccccc1)C(=O)CN(c1cccc(C)c1)S(=O)(=O)c1ccc(Cl)cc1. The third kappa shape index (κ3) is 7.83. The molecule has 208 valence electrons. The fourth-order valence-electron chi connectivity index (χ4n) is 4.19. The molecule has 39 heavy (non-hydrogen) atoms. The second-order valence-electron chi connectivity index (χ2n) is 9.55. The zero-order valence-corrected chi connectivity index (χ0v) is 24.4. The molecule has 3 rings (SSSR count). The highest BCUT2D eigenvalue weighted by Crippen LogP contribution is 2.26. The maximum atomic E-state index is 14.0. The molecule has 0 saturated heterocycles. The Morgan fingerprint density at radius 2 is 1.59 bits per heavy atom. The Morgan fingerprint density at radius 1 is 0.923 bits per heavy atom. The first-order valence-electron chi connectivity index (χ1n) is 13.1. The van der Waals surface area contributed by atoms with Crippen molar-refractivity contribution >= 4 is 39.1 Å². The number of hydrogen-bond donors (Lipinski definition) is 1. The number of halogens is 1. The van der Waals surface area contributed by atoms with Gasteiger partial charge in [0.25, 0.3) is 10.0 Å². The zero-order chi connectivity index (χ0) is 28.6. The molecule has 0 aliphatic carbocycles. The van der Waals surface area contributed by atoms with E-state index in [1.54, 1.807) is 18.2 Å². The number of carbonyl (C=O) groups excluding carboxylic acids is 2. The highest BCUT2D eigenvalue weighted by atomic mass is 35.5. The topological polar surface area (TPSA) is 86.8 Å². The summed E-state index contributed by atoms with van der Waals surface area (Å²) in [6.45, 7) is 7.26. The molecule has 0 aliphatic rings. The van der Waals surface area contributed by atoms with E-state index in [0.29, 0.717) is 17.1 Å². The molecule has 1 N–H and O–H groups in total. The van der Waals surface area contributed by atoms with E-state index in [-0.39, 0.29) is 23.4 Å². The summed E-state index contributed by atoms with van der Waals surface area (Å²) in [5.74, 6) is -0.747. The van der Waals surface area contributed by atoms with Gasteiger partial charge in [0, 0.05) is 17.6 Å². The van der Waals surface area contributed by atoms with Crippen LogP contribution in [-0.2, 0) is 26.2 Å². The number of carbonyl (C=O) groups is 2. The van der Waals surface area contributed by atoms with Crippen molar-refractivity contribution in [2.24, 2.45) is 0 Å². The number of benzene rings is 3. The predicted molar refractivity (Wildman–Crippen MR) is 156 cm³/mol. The lowest BCUT2D eigenvalue weighted by Gasteiger charge is -2.33. The van der Waals surface area contributed by atoms with Gasteiger partial charge in [-0.15, -0.1) is 0 Å². The molecule has 0 spiro atoms. The van der Waals surface area contributed by atoms with E-state index < -0.39 is 28.5 Å². The number of nitrogens with one attached hydrogen (secondary N) is 1. The van der Waals surface area contributed by atoms with E-state index >= 15 is 0 Å². The van der Waals surface area contributed by atoms with Crippen LogP contribution in [0.4, 0.5) is 5.69 Å². The van der Waals surface area contributed by atoms with Crippen LogP contribution in [0.5, 0.6) is 0 Å². The van der Waals surface area contributed by atoms with Gasteiger partial charge in [0.2, 0.25) is 11.8 Å². The highest BCUT2D eigenvalue weighted by Gasteiger charge is 2.34. The normalized spacial score (nSPS) is 12.8. The van der Waals surface area contributed by atoms with Gasteiger partial charge < -0.3 is 10.2 Å². The maximum Gasteiger partial charge on any atom is 0.264 e. The summed E-state index contributed by atoms with van der Waals surface area (Å²) in [6, 6.07) is 21.3. The zero-order valence-electron chi connectivity index (χ0n) is 22.8. The van der Waals surface area contributed by atoms with Crippen LogP contribution in [-0.4, -0.2) is 43.8 Å². The molecule has 7 nitrogen and oxygen atoms in total. The molecule has 0 aliphatic heterocycles. The lowest BCUT2D eigenvalue weighted by molar-refractivity contribution is -0.140. The van der Waals surface area contributed by atoms with Crippen molar-refractivity contribution in [2.45, 2.75) is 64.1 Å². The molecule has 0 saturated carbocycles. The standard InChI is InChI=1S/C30H36ClN3O4S/c1-5-23(4)32-30(36)28(6-2)33(20-24-12-8-7-9-13-24)29(35)21-34(26-14-10-11-22(3)19-26)39(37,38)27-17-15-25(31)16-18-27/h7-19,23,28H,5-6,20-21H2,1-4H3,(H,32,36)/t23-,28+/m0/s1. The van der Waals surface area contributed by atoms with Gasteiger partial charge in [-0.25, -0.2) is 8.42 Å². The second-order valence-corrected chi connectivity index (χ2v) is 11.9. The largest absolute Gasteiger partial charge is 0.352 e. The smallest absolute Gasteiger partial charge is 0.264 e. The van der Waals surface area contributed by atoms with E-state index in [4.69, 9.17) is 11.6 Å². The van der Waals surface area contributed by atoms with Gasteiger partial charge in [-0.2, -0.15) is 0 Å². The molecule has 0 fully saturated rings. The van der Waals surface area contributed by atoms with Gasteiger partial charge in [0.15, 0.2) is 0 Å². The molecule has 0 unspecified atom stereocenters. The second kappa shape index (κ2) is 13.6. The van der Waals surface area contributed by atoms with Crippen molar-refractivity contribution < 1.29 is 18.0 Å². The summed E-state index contributed by atoms with van der Waals surface area (Å²) in [7, 11) is -4.14. The van der Waals surface area contributed by atoms with Gasteiger partial charge in [0.05, 0.1) is 10.6 Å². The summed E-state index contributed by atoms with van der Waals surface area (Å²) in [5.41, 5.74) is 2.04. The predicted octanol–water partition coefficient (Wildman–Crippen LogP) is 5.57. The number of rotatable bonds is 12. The molecule has 0 bridgehead atoms. The Labute approximate surface area is 236 Å². The Hall–Kier alpha value is -3.36. The van der Waals surface area contributed by atoms with E-state index in [1.165, 1.54) is 29.2 Å². The van der Waals surface area contributed by atoms with Crippen LogP contribution in [0, 0.1) is 6.92 Å². The van der Waals surface area contributed by atoms with Crippen molar-refractivity contribution in [3.63, 3.8) is 0 Å².